The first-order valence-corrected chi connectivity index (χ1v) is 14.8. The van der Waals surface area contributed by atoms with Gasteiger partial charge in [-0.3, -0.25) is 0 Å². The van der Waals surface area contributed by atoms with E-state index in [1.54, 1.807) is 0 Å². The number of unbranched alkanes of at least 4 members (excludes halogenated alkanes) is 17. The maximum atomic E-state index is 2.54. The summed E-state index contributed by atoms with van der Waals surface area (Å²) in [7, 11) is 0. The molecule has 3 N–H and O–H groups in total. The third-order valence-corrected chi connectivity index (χ3v) is 7.28. The Morgan fingerprint density at radius 3 is 1.11 bits per heavy atom. The molecular formula is C33H55NO. The van der Waals surface area contributed by atoms with Crippen LogP contribution in [-0.4, -0.2) is 12.0 Å². The van der Waals surface area contributed by atoms with Crippen molar-refractivity contribution in [3.05, 3.63) is 71.8 Å². The summed E-state index contributed by atoms with van der Waals surface area (Å²) in [6, 6.07) is 22.4. The SMILES string of the molecule is CCCCCCCCCCCCCCCCCCCC[NH2+]C(c1ccccc1)c1ccccc1.[OH-]. The van der Waals surface area contributed by atoms with Crippen molar-refractivity contribution in [1.29, 1.82) is 0 Å². The fourth-order valence-corrected chi connectivity index (χ4v) is 5.12. The molecule has 0 saturated heterocycles. The van der Waals surface area contributed by atoms with Gasteiger partial charge in [-0.2, -0.15) is 0 Å². The molecule has 0 aliphatic heterocycles. The van der Waals surface area contributed by atoms with Gasteiger partial charge in [0.15, 0.2) is 0 Å². The lowest BCUT2D eigenvalue weighted by molar-refractivity contribution is -0.687. The van der Waals surface area contributed by atoms with Gasteiger partial charge in [0.1, 0.15) is 6.04 Å². The summed E-state index contributed by atoms with van der Waals surface area (Å²) in [5.41, 5.74) is 2.83. The molecule has 35 heavy (non-hydrogen) atoms. The van der Waals surface area contributed by atoms with Gasteiger partial charge < -0.3 is 10.8 Å². The molecule has 0 heterocycles. The first kappa shape index (κ1) is 31.4. The van der Waals surface area contributed by atoms with E-state index >= 15 is 0 Å². The monoisotopic (exact) mass is 481 g/mol. The zero-order chi connectivity index (χ0) is 23.9. The lowest BCUT2D eigenvalue weighted by atomic mass is 9.98. The van der Waals surface area contributed by atoms with Crippen LogP contribution < -0.4 is 5.32 Å². The van der Waals surface area contributed by atoms with E-state index in [0.29, 0.717) is 6.04 Å². The van der Waals surface area contributed by atoms with Gasteiger partial charge in [-0.1, -0.05) is 170 Å². The fraction of sp³-hybridized carbons (Fsp3) is 0.636. The minimum absolute atomic E-state index is 0. The Morgan fingerprint density at radius 2 is 0.771 bits per heavy atom. The molecule has 2 aromatic rings. The maximum absolute atomic E-state index is 2.54. The van der Waals surface area contributed by atoms with Crippen LogP contribution in [0.4, 0.5) is 0 Å². The molecular weight excluding hydrogens is 426 g/mol. The highest BCUT2D eigenvalue weighted by Crippen LogP contribution is 2.18. The van der Waals surface area contributed by atoms with Crippen LogP contribution in [0.1, 0.15) is 140 Å². The molecule has 0 aliphatic rings. The van der Waals surface area contributed by atoms with Crippen LogP contribution in [0.5, 0.6) is 0 Å². The molecule has 0 atom stereocenters. The summed E-state index contributed by atoms with van der Waals surface area (Å²) in [6.45, 7) is 3.52. The van der Waals surface area contributed by atoms with Crippen LogP contribution in [0.15, 0.2) is 60.7 Å². The molecule has 2 heteroatoms. The molecule has 2 nitrogen and oxygen atoms in total. The van der Waals surface area contributed by atoms with E-state index < -0.39 is 0 Å². The van der Waals surface area contributed by atoms with Crippen molar-refractivity contribution in [2.24, 2.45) is 0 Å². The van der Waals surface area contributed by atoms with Crippen LogP contribution in [-0.2, 0) is 0 Å². The summed E-state index contributed by atoms with van der Waals surface area (Å²) in [5, 5.41) is 2.54. The van der Waals surface area contributed by atoms with Gasteiger partial charge in [-0.15, -0.1) is 0 Å². The summed E-state index contributed by atoms with van der Waals surface area (Å²) in [6.07, 6.45) is 25.9. The van der Waals surface area contributed by atoms with Gasteiger partial charge in [-0.05, 0) is 12.8 Å². The molecule has 0 radical (unpaired) electrons. The fourth-order valence-electron chi connectivity index (χ4n) is 5.12. The highest BCUT2D eigenvalue weighted by Gasteiger charge is 2.16. The molecule has 2 aromatic carbocycles. The first-order valence-electron chi connectivity index (χ1n) is 14.8. The summed E-state index contributed by atoms with van der Waals surface area (Å²) in [4.78, 5) is 0. The van der Waals surface area contributed by atoms with Crippen LogP contribution in [0.25, 0.3) is 0 Å². The van der Waals surface area contributed by atoms with E-state index in [-0.39, 0.29) is 5.48 Å². The number of hydrogen-bond acceptors (Lipinski definition) is 1. The highest BCUT2D eigenvalue weighted by atomic mass is 16.0. The van der Waals surface area contributed by atoms with E-state index in [1.165, 1.54) is 133 Å². The second kappa shape index (κ2) is 22.8. The second-order valence-corrected chi connectivity index (χ2v) is 10.3. The van der Waals surface area contributed by atoms with Crippen LogP contribution in [0.3, 0.4) is 0 Å². The summed E-state index contributed by atoms with van der Waals surface area (Å²) in [5.74, 6) is 0. The molecule has 0 amide bonds. The van der Waals surface area contributed by atoms with Crippen molar-refractivity contribution in [1.82, 2.24) is 0 Å². The molecule has 0 fully saturated rings. The molecule has 0 spiro atoms. The largest absolute Gasteiger partial charge is 0.870 e. The Morgan fingerprint density at radius 1 is 0.457 bits per heavy atom. The predicted molar refractivity (Wildman–Crippen MR) is 152 cm³/mol. The van der Waals surface area contributed by atoms with Crippen molar-refractivity contribution < 1.29 is 10.8 Å². The number of nitrogens with two attached hydrogens (primary N) is 1. The Kier molecular flexibility index (Phi) is 20.4. The molecule has 0 aromatic heterocycles. The lowest BCUT2D eigenvalue weighted by Crippen LogP contribution is -2.85. The first-order chi connectivity index (χ1) is 16.9. The number of hydrogen-bond donors (Lipinski definition) is 1. The van der Waals surface area contributed by atoms with Gasteiger partial charge in [0.05, 0.1) is 6.54 Å². The van der Waals surface area contributed by atoms with Gasteiger partial charge in [-0.25, -0.2) is 0 Å². The number of benzene rings is 2. The minimum atomic E-state index is 0. The number of rotatable bonds is 22. The average molecular weight is 482 g/mol. The number of quaternary nitrogens is 1. The van der Waals surface area contributed by atoms with Crippen molar-refractivity contribution >= 4 is 0 Å². The topological polar surface area (TPSA) is 46.6 Å². The Hall–Kier alpha value is -1.64. The van der Waals surface area contributed by atoms with Crippen molar-refractivity contribution in [3.63, 3.8) is 0 Å². The normalized spacial score (nSPS) is 11.0. The third kappa shape index (κ3) is 15.9. The Balaban J connectivity index is 0.00000612. The van der Waals surface area contributed by atoms with Gasteiger partial charge in [0.2, 0.25) is 0 Å². The second-order valence-electron chi connectivity index (χ2n) is 10.3. The zero-order valence-electron chi connectivity index (χ0n) is 22.8. The lowest BCUT2D eigenvalue weighted by Gasteiger charge is -2.16. The van der Waals surface area contributed by atoms with Gasteiger partial charge in [0, 0.05) is 11.1 Å². The minimum Gasteiger partial charge on any atom is -0.870 e. The van der Waals surface area contributed by atoms with Crippen molar-refractivity contribution in [2.75, 3.05) is 6.54 Å². The van der Waals surface area contributed by atoms with E-state index in [1.807, 2.05) is 0 Å². The average Bonchev–Trinajstić information content (AvgIpc) is 2.88. The van der Waals surface area contributed by atoms with Gasteiger partial charge in [0.25, 0.3) is 0 Å². The van der Waals surface area contributed by atoms with Gasteiger partial charge >= 0.3 is 0 Å². The highest BCUT2D eigenvalue weighted by molar-refractivity contribution is 5.29. The van der Waals surface area contributed by atoms with Crippen LogP contribution in [0, 0.1) is 0 Å². The third-order valence-electron chi connectivity index (χ3n) is 7.28. The van der Waals surface area contributed by atoms with Crippen LogP contribution in [0.2, 0.25) is 0 Å². The van der Waals surface area contributed by atoms with Crippen molar-refractivity contribution in [3.8, 4) is 0 Å². The molecule has 0 aliphatic carbocycles. The Bertz CT molecular complexity index is 633. The molecule has 0 saturated carbocycles. The Labute approximate surface area is 217 Å². The van der Waals surface area contributed by atoms with E-state index in [4.69, 9.17) is 0 Å². The zero-order valence-corrected chi connectivity index (χ0v) is 22.8. The molecule has 0 unspecified atom stereocenters. The summed E-state index contributed by atoms with van der Waals surface area (Å²) >= 11 is 0. The maximum Gasteiger partial charge on any atom is 0.137 e. The molecule has 0 bridgehead atoms. The van der Waals surface area contributed by atoms with E-state index in [2.05, 4.69) is 72.9 Å². The van der Waals surface area contributed by atoms with Crippen molar-refractivity contribution in [2.45, 2.75) is 129 Å². The quantitative estimate of drug-likeness (QED) is 0.167. The summed E-state index contributed by atoms with van der Waals surface area (Å²) < 4.78 is 0. The molecule has 2 rings (SSSR count). The van der Waals surface area contributed by atoms with E-state index in [0.717, 1.165) is 0 Å². The van der Waals surface area contributed by atoms with E-state index in [9.17, 15) is 0 Å². The standard InChI is InChI=1S/C33H53N.H2O/c1-2-3-4-5-6-7-8-9-10-11-12-13-14-15-16-17-18-25-30-34-33(31-26-21-19-22-27-31)32-28-23-20-24-29-32;/h19-24,26-29,33-34H,2-18,25,30H2,1H3;1H2. The predicted octanol–water partition coefficient (Wildman–Crippen LogP) is 9.20. The molecule has 198 valence electrons. The smallest absolute Gasteiger partial charge is 0.137 e. The van der Waals surface area contributed by atoms with Crippen LogP contribution >= 0.6 is 0 Å².